The monoisotopic (exact) mass is 643 g/mol. The Bertz CT molecular complexity index is 1430. The first kappa shape index (κ1) is 30.7. The van der Waals surface area contributed by atoms with Gasteiger partial charge in [0.25, 0.3) is 0 Å². The lowest BCUT2D eigenvalue weighted by molar-refractivity contribution is -0.140. The van der Waals surface area contributed by atoms with Gasteiger partial charge in [0.15, 0.2) is 0 Å². The van der Waals surface area contributed by atoms with Crippen molar-refractivity contribution in [2.45, 2.75) is 57.2 Å². The van der Waals surface area contributed by atoms with Crippen LogP contribution in [0.25, 0.3) is 0 Å². The Morgan fingerprint density at radius 3 is 2.20 bits per heavy atom. The van der Waals surface area contributed by atoms with Crippen molar-refractivity contribution in [2.75, 3.05) is 17.1 Å². The molecule has 0 bridgehead atoms. The lowest BCUT2D eigenvalue weighted by atomic mass is 9.94. The van der Waals surface area contributed by atoms with E-state index >= 15 is 0 Å². The summed E-state index contributed by atoms with van der Waals surface area (Å²) in [6.07, 6.45) is 6.11. The van der Waals surface area contributed by atoms with Crippen molar-refractivity contribution < 1.29 is 22.4 Å². The predicted molar refractivity (Wildman–Crippen MR) is 162 cm³/mol. The minimum Gasteiger partial charge on any atom is -0.352 e. The molecule has 7 nitrogen and oxygen atoms in total. The van der Waals surface area contributed by atoms with Gasteiger partial charge >= 0.3 is 0 Å². The first-order valence-corrected chi connectivity index (χ1v) is 16.4. The number of benzene rings is 3. The van der Waals surface area contributed by atoms with Gasteiger partial charge < -0.3 is 10.2 Å². The van der Waals surface area contributed by atoms with Crippen molar-refractivity contribution in [1.82, 2.24) is 10.2 Å². The van der Waals surface area contributed by atoms with E-state index in [4.69, 9.17) is 0 Å². The van der Waals surface area contributed by atoms with Gasteiger partial charge in [-0.15, -0.1) is 0 Å². The van der Waals surface area contributed by atoms with Gasteiger partial charge in [-0.3, -0.25) is 13.9 Å². The Morgan fingerprint density at radius 1 is 0.927 bits per heavy atom. The lowest BCUT2D eigenvalue weighted by Crippen LogP contribution is -2.55. The normalized spacial score (nSPS) is 14.7. The number of hydrogen-bond donors (Lipinski definition) is 1. The number of anilines is 1. The maximum absolute atomic E-state index is 14.7. The molecular weight excluding hydrogens is 609 g/mol. The fourth-order valence-corrected chi connectivity index (χ4v) is 6.25. The molecule has 41 heavy (non-hydrogen) atoms. The molecule has 0 saturated heterocycles. The molecule has 10 heteroatoms. The number of carbonyl (C=O) groups is 2. The molecule has 0 heterocycles. The van der Waals surface area contributed by atoms with Crippen LogP contribution in [0.15, 0.2) is 83.3 Å². The molecule has 1 saturated carbocycles. The topological polar surface area (TPSA) is 86.8 Å². The van der Waals surface area contributed by atoms with Gasteiger partial charge in [-0.25, -0.2) is 12.8 Å². The summed E-state index contributed by atoms with van der Waals surface area (Å²) in [5, 5.41) is 3.16. The summed E-state index contributed by atoms with van der Waals surface area (Å²) in [6.45, 7) is -0.588. The number of halogens is 2. The van der Waals surface area contributed by atoms with Crippen LogP contribution >= 0.6 is 15.9 Å². The van der Waals surface area contributed by atoms with Gasteiger partial charge in [0.1, 0.15) is 18.4 Å². The van der Waals surface area contributed by atoms with Gasteiger partial charge in [-0.05, 0) is 48.2 Å². The molecule has 1 fully saturated rings. The van der Waals surface area contributed by atoms with Gasteiger partial charge in [-0.1, -0.05) is 89.8 Å². The van der Waals surface area contributed by atoms with Crippen LogP contribution in [0.1, 0.15) is 43.2 Å². The second-order valence-corrected chi connectivity index (χ2v) is 13.2. The lowest BCUT2D eigenvalue weighted by Gasteiger charge is -2.35. The minimum absolute atomic E-state index is 0.0186. The van der Waals surface area contributed by atoms with Crippen LogP contribution < -0.4 is 9.62 Å². The molecule has 1 N–H and O–H groups in total. The van der Waals surface area contributed by atoms with Gasteiger partial charge in [0.2, 0.25) is 21.8 Å². The zero-order chi connectivity index (χ0) is 29.4. The maximum atomic E-state index is 14.7. The molecular formula is C31H35BrFN3O4S. The number of sulfonamides is 1. The summed E-state index contributed by atoms with van der Waals surface area (Å²) in [7, 11) is -4.04. The molecule has 3 aromatic carbocycles. The van der Waals surface area contributed by atoms with Crippen LogP contribution in [0.2, 0.25) is 0 Å². The van der Waals surface area contributed by atoms with E-state index in [2.05, 4.69) is 21.2 Å². The molecule has 1 aliphatic carbocycles. The van der Waals surface area contributed by atoms with Gasteiger partial charge in [-0.2, -0.15) is 0 Å². The number of nitrogens with zero attached hydrogens (tertiary/aromatic N) is 2. The van der Waals surface area contributed by atoms with E-state index in [0.717, 1.165) is 64.3 Å². The highest BCUT2D eigenvalue weighted by atomic mass is 79.9. The van der Waals surface area contributed by atoms with E-state index in [9.17, 15) is 22.4 Å². The molecule has 3 aromatic rings. The third kappa shape index (κ3) is 8.63. The summed E-state index contributed by atoms with van der Waals surface area (Å²) in [5.74, 6) is -1.66. The predicted octanol–water partition coefficient (Wildman–Crippen LogP) is 5.44. The Morgan fingerprint density at radius 2 is 1.56 bits per heavy atom. The number of para-hydroxylation sites is 1. The van der Waals surface area contributed by atoms with Crippen molar-refractivity contribution in [2.24, 2.45) is 0 Å². The summed E-state index contributed by atoms with van der Waals surface area (Å²) in [5.41, 5.74) is 1.40. The molecule has 0 spiro atoms. The van der Waals surface area contributed by atoms with Gasteiger partial charge in [0.05, 0.1) is 11.9 Å². The number of hydrogen-bond acceptors (Lipinski definition) is 4. The molecule has 2 amide bonds. The molecule has 0 aromatic heterocycles. The molecule has 0 unspecified atom stereocenters. The van der Waals surface area contributed by atoms with E-state index in [1.165, 1.54) is 23.1 Å². The highest BCUT2D eigenvalue weighted by Gasteiger charge is 2.34. The Hall–Kier alpha value is -3.24. The first-order chi connectivity index (χ1) is 19.6. The van der Waals surface area contributed by atoms with E-state index in [0.29, 0.717) is 0 Å². The SMILES string of the molecule is CS(=O)(=O)N(CC(=O)N(Cc1ccc(Br)cc1)[C@H](Cc1ccccc1)C(=O)NC1CCCCC1)c1ccccc1F. The summed E-state index contributed by atoms with van der Waals surface area (Å²) >= 11 is 3.43. The van der Waals surface area contributed by atoms with Gasteiger partial charge in [0, 0.05) is 23.5 Å². The largest absolute Gasteiger partial charge is 0.352 e. The number of amides is 2. The standard InChI is InChI=1S/C31H35BrFN3O4S/c1-41(39,40)36(28-15-9-8-14-27(28)33)22-30(37)35(21-24-16-18-25(32)19-17-24)29(20-23-10-4-2-5-11-23)31(38)34-26-12-6-3-7-13-26/h2,4-5,8-11,14-19,26,29H,3,6-7,12-13,20-22H2,1H3,(H,34,38)/t29-/m1/s1. The number of nitrogens with one attached hydrogen (secondary N) is 1. The van der Waals surface area contributed by atoms with Crippen LogP contribution in [0.3, 0.4) is 0 Å². The van der Waals surface area contributed by atoms with E-state index in [1.807, 2.05) is 54.6 Å². The summed E-state index contributed by atoms with van der Waals surface area (Å²) in [4.78, 5) is 29.4. The van der Waals surface area contributed by atoms with E-state index in [-0.39, 0.29) is 30.6 Å². The Kier molecular flexibility index (Phi) is 10.6. The smallest absolute Gasteiger partial charge is 0.244 e. The average Bonchev–Trinajstić information content (AvgIpc) is 2.95. The Balaban J connectivity index is 1.72. The fourth-order valence-electron chi connectivity index (χ4n) is 5.13. The quantitative estimate of drug-likeness (QED) is 0.301. The molecule has 0 radical (unpaired) electrons. The van der Waals surface area contributed by atoms with Crippen LogP contribution in [-0.4, -0.2) is 50.0 Å². The fraction of sp³-hybridized carbons (Fsp3) is 0.355. The zero-order valence-electron chi connectivity index (χ0n) is 23.0. The van der Waals surface area contributed by atoms with Crippen molar-refractivity contribution in [3.63, 3.8) is 0 Å². The number of rotatable bonds is 11. The van der Waals surface area contributed by atoms with Crippen LogP contribution in [-0.2, 0) is 32.6 Å². The molecule has 4 rings (SSSR count). The zero-order valence-corrected chi connectivity index (χ0v) is 25.4. The first-order valence-electron chi connectivity index (χ1n) is 13.7. The third-order valence-corrected chi connectivity index (χ3v) is 8.94. The van der Waals surface area contributed by atoms with Crippen molar-refractivity contribution >= 4 is 43.5 Å². The van der Waals surface area contributed by atoms with Crippen LogP contribution in [0.4, 0.5) is 10.1 Å². The van der Waals surface area contributed by atoms with Crippen LogP contribution in [0.5, 0.6) is 0 Å². The van der Waals surface area contributed by atoms with Crippen molar-refractivity contribution in [3.8, 4) is 0 Å². The minimum atomic E-state index is -4.04. The maximum Gasteiger partial charge on any atom is 0.244 e. The number of carbonyl (C=O) groups excluding carboxylic acids is 2. The Labute approximate surface area is 249 Å². The highest BCUT2D eigenvalue weighted by molar-refractivity contribution is 9.10. The summed E-state index contributed by atoms with van der Waals surface area (Å²) in [6, 6.07) is 21.3. The second kappa shape index (κ2) is 14.1. The third-order valence-electron chi connectivity index (χ3n) is 7.29. The van der Waals surface area contributed by atoms with Crippen molar-refractivity contribution in [3.05, 3.63) is 100 Å². The molecule has 218 valence electrons. The average molecular weight is 645 g/mol. The molecule has 1 atom stereocenters. The van der Waals surface area contributed by atoms with E-state index in [1.54, 1.807) is 0 Å². The highest BCUT2D eigenvalue weighted by Crippen LogP contribution is 2.24. The van der Waals surface area contributed by atoms with E-state index < -0.39 is 34.3 Å². The molecule has 0 aliphatic heterocycles. The molecule has 1 aliphatic rings. The van der Waals surface area contributed by atoms with Crippen molar-refractivity contribution in [1.29, 1.82) is 0 Å². The van der Waals surface area contributed by atoms with Crippen LogP contribution in [0, 0.1) is 5.82 Å². The summed E-state index contributed by atoms with van der Waals surface area (Å²) < 4.78 is 42.0. The second-order valence-electron chi connectivity index (χ2n) is 10.4.